The molecule has 6 nitrogen and oxygen atoms in total. The van der Waals surface area contributed by atoms with E-state index in [9.17, 15) is 19.8 Å². The molecule has 0 bridgehead atoms. The number of likely N-dealkylation sites (tertiary alicyclic amines) is 1. The number of carbonyl (C=O) groups excluding carboxylic acids is 2. The van der Waals surface area contributed by atoms with Gasteiger partial charge < -0.3 is 14.9 Å². The number of hydrogen-bond acceptors (Lipinski definition) is 5. The van der Waals surface area contributed by atoms with Crippen molar-refractivity contribution in [3.63, 3.8) is 0 Å². The molecule has 19 heavy (non-hydrogen) atoms. The summed E-state index contributed by atoms with van der Waals surface area (Å²) < 4.78 is 5.14. The summed E-state index contributed by atoms with van der Waals surface area (Å²) >= 11 is 0. The van der Waals surface area contributed by atoms with Gasteiger partial charge in [-0.15, -0.1) is 0 Å². The van der Waals surface area contributed by atoms with Gasteiger partial charge in [0.2, 0.25) is 0 Å². The zero-order chi connectivity index (χ0) is 15.0. The first kappa shape index (κ1) is 15.9. The van der Waals surface area contributed by atoms with Gasteiger partial charge in [0.25, 0.3) is 5.91 Å². The number of aliphatic hydroxyl groups excluding tert-OH is 2. The minimum atomic E-state index is -1.56. The molecule has 0 radical (unpaired) electrons. The van der Waals surface area contributed by atoms with Crippen molar-refractivity contribution < 1.29 is 24.5 Å². The molecule has 0 spiro atoms. The van der Waals surface area contributed by atoms with Gasteiger partial charge in [-0.2, -0.15) is 0 Å². The Balaban J connectivity index is 2.93. The summed E-state index contributed by atoms with van der Waals surface area (Å²) in [5, 5.41) is 19.5. The molecule has 3 atom stereocenters. The molecule has 1 fully saturated rings. The first-order chi connectivity index (χ1) is 8.54. The van der Waals surface area contributed by atoms with E-state index in [0.29, 0.717) is 6.42 Å². The largest absolute Gasteiger partial charge is 0.443 e. The lowest BCUT2D eigenvalue weighted by Gasteiger charge is -2.28. The number of rotatable bonds is 2. The fourth-order valence-corrected chi connectivity index (χ4v) is 2.08. The van der Waals surface area contributed by atoms with Gasteiger partial charge in [-0.1, -0.05) is 13.8 Å². The van der Waals surface area contributed by atoms with Crippen LogP contribution in [0.1, 0.15) is 41.0 Å². The third-order valence-electron chi connectivity index (χ3n) is 2.84. The number of carbonyl (C=O) groups is 2. The van der Waals surface area contributed by atoms with Crippen molar-refractivity contribution in [3.8, 4) is 0 Å². The van der Waals surface area contributed by atoms with Crippen LogP contribution in [0.25, 0.3) is 0 Å². The Morgan fingerprint density at radius 1 is 1.37 bits per heavy atom. The summed E-state index contributed by atoms with van der Waals surface area (Å²) in [6.45, 7) is 8.89. The molecule has 1 rings (SSSR count). The molecule has 1 aliphatic rings. The third-order valence-corrected chi connectivity index (χ3v) is 2.84. The lowest BCUT2D eigenvalue weighted by molar-refractivity contribution is -0.135. The second kappa shape index (κ2) is 5.46. The highest BCUT2D eigenvalue weighted by Crippen LogP contribution is 2.27. The van der Waals surface area contributed by atoms with Crippen molar-refractivity contribution in [2.75, 3.05) is 0 Å². The first-order valence-electron chi connectivity index (χ1n) is 6.46. The van der Waals surface area contributed by atoms with Crippen molar-refractivity contribution in [2.45, 2.75) is 64.9 Å². The molecule has 2 N–H and O–H groups in total. The molecular weight excluding hydrogens is 250 g/mol. The molecule has 6 heteroatoms. The molecule has 0 aromatic heterocycles. The maximum absolute atomic E-state index is 12.0. The maximum atomic E-state index is 12.0. The Morgan fingerprint density at radius 3 is 2.32 bits per heavy atom. The normalized spacial score (nSPS) is 28.1. The summed E-state index contributed by atoms with van der Waals surface area (Å²) in [4.78, 5) is 24.7. The Bertz CT molecular complexity index is 361. The number of hydrogen-bond donors (Lipinski definition) is 2. The minimum Gasteiger partial charge on any atom is -0.443 e. The van der Waals surface area contributed by atoms with Crippen molar-refractivity contribution in [1.29, 1.82) is 0 Å². The molecule has 0 aromatic carbocycles. The van der Waals surface area contributed by atoms with Gasteiger partial charge in [0.05, 0.1) is 6.04 Å². The van der Waals surface area contributed by atoms with E-state index >= 15 is 0 Å². The fourth-order valence-electron chi connectivity index (χ4n) is 2.08. The van der Waals surface area contributed by atoms with Crippen LogP contribution in [0.4, 0.5) is 4.79 Å². The zero-order valence-corrected chi connectivity index (χ0v) is 12.1. The van der Waals surface area contributed by atoms with E-state index < -0.39 is 35.9 Å². The molecule has 1 saturated heterocycles. The van der Waals surface area contributed by atoms with Crippen LogP contribution in [0.3, 0.4) is 0 Å². The topological polar surface area (TPSA) is 87.1 Å². The van der Waals surface area contributed by atoms with E-state index in [1.165, 1.54) is 0 Å². The van der Waals surface area contributed by atoms with Crippen LogP contribution in [0.15, 0.2) is 0 Å². The van der Waals surface area contributed by atoms with E-state index in [1.807, 2.05) is 13.8 Å². The van der Waals surface area contributed by atoms with Crippen molar-refractivity contribution in [1.82, 2.24) is 4.90 Å². The summed E-state index contributed by atoms with van der Waals surface area (Å²) in [5.74, 6) is -0.630. The molecule has 110 valence electrons. The van der Waals surface area contributed by atoms with Crippen LogP contribution in [0, 0.1) is 5.92 Å². The van der Waals surface area contributed by atoms with E-state index in [1.54, 1.807) is 20.8 Å². The van der Waals surface area contributed by atoms with Gasteiger partial charge in [-0.25, -0.2) is 9.69 Å². The van der Waals surface area contributed by atoms with Crippen LogP contribution in [-0.4, -0.2) is 51.0 Å². The Labute approximate surface area is 113 Å². The third kappa shape index (κ3) is 3.67. The summed E-state index contributed by atoms with van der Waals surface area (Å²) in [7, 11) is 0. The second-order valence-electron chi connectivity index (χ2n) is 6.32. The SMILES string of the molecule is CC(C)C[C@H]1[C@H](O)[C@H](O)C(=O)N1C(=O)OC(C)(C)C. The molecule has 1 heterocycles. The Morgan fingerprint density at radius 2 is 1.89 bits per heavy atom. The average Bonchev–Trinajstić information content (AvgIpc) is 2.40. The molecule has 0 aliphatic carbocycles. The summed E-state index contributed by atoms with van der Waals surface area (Å²) in [6, 6.07) is -0.739. The molecule has 1 aliphatic heterocycles. The number of ether oxygens (including phenoxy) is 1. The predicted octanol–water partition coefficient (Wildman–Crippen LogP) is 0.900. The minimum absolute atomic E-state index is 0.169. The quantitative estimate of drug-likeness (QED) is 0.780. The van der Waals surface area contributed by atoms with Crippen LogP contribution in [-0.2, 0) is 9.53 Å². The number of imide groups is 1. The lowest BCUT2D eigenvalue weighted by atomic mass is 9.99. The fraction of sp³-hybridized carbons (Fsp3) is 0.846. The second-order valence-corrected chi connectivity index (χ2v) is 6.32. The number of nitrogens with zero attached hydrogens (tertiary/aromatic N) is 1. The predicted molar refractivity (Wildman–Crippen MR) is 68.3 cm³/mol. The zero-order valence-electron chi connectivity index (χ0n) is 12.1. The smallest absolute Gasteiger partial charge is 0.417 e. The van der Waals surface area contributed by atoms with Gasteiger partial charge in [0, 0.05) is 0 Å². The highest BCUT2D eigenvalue weighted by Gasteiger charge is 2.50. The van der Waals surface area contributed by atoms with E-state index in [0.717, 1.165) is 4.90 Å². The number of amides is 2. The van der Waals surface area contributed by atoms with Crippen molar-refractivity contribution >= 4 is 12.0 Å². The van der Waals surface area contributed by atoms with Crippen LogP contribution in [0.2, 0.25) is 0 Å². The molecule has 0 saturated carbocycles. The molecular formula is C13H23NO5. The van der Waals surface area contributed by atoms with E-state index in [4.69, 9.17) is 4.74 Å². The monoisotopic (exact) mass is 273 g/mol. The van der Waals surface area contributed by atoms with E-state index in [2.05, 4.69) is 0 Å². The van der Waals surface area contributed by atoms with Gasteiger partial charge in [-0.05, 0) is 33.1 Å². The Kier molecular flexibility index (Phi) is 4.58. The van der Waals surface area contributed by atoms with Gasteiger partial charge in [0.15, 0.2) is 6.10 Å². The standard InChI is InChI=1S/C13H23NO5/c1-7(2)6-8-9(15)10(16)11(17)14(8)12(18)19-13(3,4)5/h7-10,15-16H,6H2,1-5H3/t8-,9-,10-/m0/s1. The highest BCUT2D eigenvalue weighted by molar-refractivity contribution is 5.97. The van der Waals surface area contributed by atoms with Crippen LogP contribution >= 0.6 is 0 Å². The molecule has 0 aromatic rings. The number of aliphatic hydroxyl groups is 2. The van der Waals surface area contributed by atoms with Crippen LogP contribution < -0.4 is 0 Å². The van der Waals surface area contributed by atoms with Gasteiger partial charge in [0.1, 0.15) is 11.7 Å². The molecule has 0 unspecified atom stereocenters. The Hall–Kier alpha value is -1.14. The van der Waals surface area contributed by atoms with Crippen LogP contribution in [0.5, 0.6) is 0 Å². The summed E-state index contributed by atoms with van der Waals surface area (Å²) in [6.07, 6.45) is -3.22. The van der Waals surface area contributed by atoms with Crippen molar-refractivity contribution in [3.05, 3.63) is 0 Å². The first-order valence-corrected chi connectivity index (χ1v) is 6.46. The molecule has 2 amide bonds. The van der Waals surface area contributed by atoms with Crippen molar-refractivity contribution in [2.24, 2.45) is 5.92 Å². The average molecular weight is 273 g/mol. The summed E-state index contributed by atoms with van der Waals surface area (Å²) in [5.41, 5.74) is -0.738. The van der Waals surface area contributed by atoms with E-state index in [-0.39, 0.29) is 5.92 Å². The van der Waals surface area contributed by atoms with Gasteiger partial charge in [-0.3, -0.25) is 4.79 Å². The maximum Gasteiger partial charge on any atom is 0.417 e. The lowest BCUT2D eigenvalue weighted by Crippen LogP contribution is -2.45. The highest BCUT2D eigenvalue weighted by atomic mass is 16.6. The van der Waals surface area contributed by atoms with Gasteiger partial charge >= 0.3 is 6.09 Å².